The van der Waals surface area contributed by atoms with Crippen molar-refractivity contribution in [2.24, 2.45) is 5.92 Å². The second-order valence-corrected chi connectivity index (χ2v) is 10.1. The lowest BCUT2D eigenvalue weighted by molar-refractivity contribution is 0.481. The summed E-state index contributed by atoms with van der Waals surface area (Å²) in [6, 6.07) is 0. The number of allylic oxidation sites excluding steroid dienone is 2. The fraction of sp³-hybridized carbons (Fsp3) is 0.933. The molecule has 0 aromatic carbocycles. The molecule has 0 heterocycles. The van der Waals surface area contributed by atoms with Crippen LogP contribution in [0.2, 0.25) is 0 Å². The van der Waals surface area contributed by atoms with E-state index in [4.69, 9.17) is 0 Å². The zero-order valence-corrected chi connectivity index (χ0v) is 21.7. The Morgan fingerprint density at radius 1 is 0.433 bits per heavy atom. The summed E-state index contributed by atoms with van der Waals surface area (Å²) in [5.74, 6) is 0.883. The summed E-state index contributed by atoms with van der Waals surface area (Å²) < 4.78 is 0. The van der Waals surface area contributed by atoms with Crippen LogP contribution in [0.3, 0.4) is 0 Å². The number of hydrogen-bond donors (Lipinski definition) is 0. The molecule has 30 heavy (non-hydrogen) atoms. The van der Waals surface area contributed by atoms with Gasteiger partial charge in [0.1, 0.15) is 0 Å². The molecule has 0 aliphatic rings. The van der Waals surface area contributed by atoms with Crippen LogP contribution in [0, 0.1) is 5.92 Å². The Bertz CT molecular complexity index is 316. The van der Waals surface area contributed by atoms with Crippen LogP contribution in [-0.4, -0.2) is 0 Å². The summed E-state index contributed by atoms with van der Waals surface area (Å²) in [7, 11) is 0. The minimum Gasteiger partial charge on any atom is -0.0885 e. The Kier molecular flexibility index (Phi) is 26.5. The van der Waals surface area contributed by atoms with Crippen LogP contribution in [0.5, 0.6) is 0 Å². The molecule has 0 aliphatic carbocycles. The van der Waals surface area contributed by atoms with Gasteiger partial charge in [-0.15, -0.1) is 0 Å². The van der Waals surface area contributed by atoms with Crippen LogP contribution >= 0.6 is 0 Å². The first kappa shape index (κ1) is 29.7. The predicted octanol–water partition coefficient (Wildman–Crippen LogP) is 11.6. The van der Waals surface area contributed by atoms with E-state index in [1.165, 1.54) is 154 Å². The van der Waals surface area contributed by atoms with Gasteiger partial charge in [-0.25, -0.2) is 0 Å². The van der Waals surface area contributed by atoms with Gasteiger partial charge in [0.05, 0.1) is 0 Å². The van der Waals surface area contributed by atoms with Gasteiger partial charge in [-0.05, 0) is 25.2 Å². The van der Waals surface area contributed by atoms with Crippen molar-refractivity contribution in [3.05, 3.63) is 12.2 Å². The van der Waals surface area contributed by atoms with E-state index in [-0.39, 0.29) is 0 Å². The Labute approximate surface area is 193 Å². The van der Waals surface area contributed by atoms with Gasteiger partial charge in [-0.2, -0.15) is 0 Å². The van der Waals surface area contributed by atoms with Crippen LogP contribution in [0.25, 0.3) is 0 Å². The van der Waals surface area contributed by atoms with Crippen molar-refractivity contribution in [1.29, 1.82) is 0 Å². The molecule has 1 atom stereocenters. The Morgan fingerprint density at radius 3 is 1.23 bits per heavy atom. The Balaban J connectivity index is 3.15. The molecule has 0 saturated carbocycles. The summed E-state index contributed by atoms with van der Waals surface area (Å²) in [5.41, 5.74) is 0. The number of rotatable bonds is 25. The van der Waals surface area contributed by atoms with Crippen molar-refractivity contribution in [2.75, 3.05) is 0 Å². The van der Waals surface area contributed by atoms with Crippen molar-refractivity contribution < 1.29 is 0 Å². The average Bonchev–Trinajstić information content (AvgIpc) is 2.75. The van der Waals surface area contributed by atoms with Gasteiger partial charge in [0.25, 0.3) is 0 Å². The standard InChI is InChI=1S/C30H60/c1-4-6-8-10-12-13-14-15-16-17-18-19-20-21-23-25-27-29-30(3)28-26-24-22-11-9-7-5-2/h24,26,30H,4-23,25,27-29H2,1-3H3/b26-24+. The first-order valence-corrected chi connectivity index (χ1v) is 14.5. The average molecular weight is 421 g/mol. The first-order valence-electron chi connectivity index (χ1n) is 14.5. The highest BCUT2D eigenvalue weighted by Crippen LogP contribution is 2.17. The van der Waals surface area contributed by atoms with E-state index in [1.54, 1.807) is 0 Å². The van der Waals surface area contributed by atoms with Gasteiger partial charge in [0.15, 0.2) is 0 Å². The largest absolute Gasteiger partial charge is 0.0885 e. The maximum Gasteiger partial charge on any atom is -0.0325 e. The summed E-state index contributed by atoms with van der Waals surface area (Å²) in [6.07, 6.45) is 39.4. The maximum absolute atomic E-state index is 2.45. The Morgan fingerprint density at radius 2 is 0.800 bits per heavy atom. The molecule has 0 amide bonds. The summed E-state index contributed by atoms with van der Waals surface area (Å²) in [4.78, 5) is 0. The third-order valence-corrected chi connectivity index (χ3v) is 6.73. The van der Waals surface area contributed by atoms with E-state index in [9.17, 15) is 0 Å². The van der Waals surface area contributed by atoms with Gasteiger partial charge in [-0.3, -0.25) is 0 Å². The van der Waals surface area contributed by atoms with E-state index < -0.39 is 0 Å². The van der Waals surface area contributed by atoms with Crippen LogP contribution < -0.4 is 0 Å². The molecule has 0 spiro atoms. The van der Waals surface area contributed by atoms with E-state index in [0.29, 0.717) is 0 Å². The fourth-order valence-electron chi connectivity index (χ4n) is 4.47. The second-order valence-electron chi connectivity index (χ2n) is 10.1. The first-order chi connectivity index (χ1) is 14.8. The topological polar surface area (TPSA) is 0 Å². The summed E-state index contributed by atoms with van der Waals surface area (Å²) >= 11 is 0. The molecule has 0 fully saturated rings. The minimum atomic E-state index is 0.883. The van der Waals surface area contributed by atoms with Crippen molar-refractivity contribution >= 4 is 0 Å². The van der Waals surface area contributed by atoms with Crippen molar-refractivity contribution in [2.45, 2.75) is 175 Å². The van der Waals surface area contributed by atoms with Gasteiger partial charge in [-0.1, -0.05) is 168 Å². The Hall–Kier alpha value is -0.260. The highest BCUT2D eigenvalue weighted by atomic mass is 14.1. The molecule has 0 aromatic rings. The minimum absolute atomic E-state index is 0.883. The quantitative estimate of drug-likeness (QED) is 0.102. The van der Waals surface area contributed by atoms with E-state index in [0.717, 1.165) is 5.92 Å². The van der Waals surface area contributed by atoms with Gasteiger partial charge >= 0.3 is 0 Å². The lowest BCUT2D eigenvalue weighted by atomic mass is 9.98. The van der Waals surface area contributed by atoms with Crippen LogP contribution in [-0.2, 0) is 0 Å². The van der Waals surface area contributed by atoms with Crippen LogP contribution in [0.4, 0.5) is 0 Å². The fourth-order valence-corrected chi connectivity index (χ4v) is 4.47. The molecular formula is C30H60. The monoisotopic (exact) mass is 420 g/mol. The molecule has 180 valence electrons. The zero-order valence-electron chi connectivity index (χ0n) is 21.7. The van der Waals surface area contributed by atoms with E-state index in [2.05, 4.69) is 32.9 Å². The van der Waals surface area contributed by atoms with Gasteiger partial charge < -0.3 is 0 Å². The predicted molar refractivity (Wildman–Crippen MR) is 140 cm³/mol. The summed E-state index contributed by atoms with van der Waals surface area (Å²) in [5, 5.41) is 0. The maximum atomic E-state index is 2.45. The summed E-state index contributed by atoms with van der Waals surface area (Å²) in [6.45, 7) is 7.03. The normalized spacial score (nSPS) is 12.8. The molecule has 0 heteroatoms. The van der Waals surface area contributed by atoms with Gasteiger partial charge in [0.2, 0.25) is 0 Å². The van der Waals surface area contributed by atoms with Crippen molar-refractivity contribution in [3.63, 3.8) is 0 Å². The molecule has 0 nitrogen and oxygen atoms in total. The highest BCUT2D eigenvalue weighted by molar-refractivity contribution is 4.83. The van der Waals surface area contributed by atoms with E-state index in [1.807, 2.05) is 0 Å². The molecule has 0 radical (unpaired) electrons. The van der Waals surface area contributed by atoms with E-state index >= 15 is 0 Å². The molecular weight excluding hydrogens is 360 g/mol. The van der Waals surface area contributed by atoms with Crippen molar-refractivity contribution in [3.8, 4) is 0 Å². The third-order valence-electron chi connectivity index (χ3n) is 6.73. The second kappa shape index (κ2) is 26.8. The molecule has 0 saturated heterocycles. The highest BCUT2D eigenvalue weighted by Gasteiger charge is 2.00. The third kappa shape index (κ3) is 25.8. The zero-order chi connectivity index (χ0) is 22.0. The SMILES string of the molecule is CCCCCC/C=C/CC(C)CCCCCCCCCCCCCCCCCCC. The molecule has 0 aliphatic heterocycles. The van der Waals surface area contributed by atoms with Crippen molar-refractivity contribution in [1.82, 2.24) is 0 Å². The molecule has 0 aromatic heterocycles. The number of unbranched alkanes of at least 4 members (excludes halogenated alkanes) is 20. The van der Waals surface area contributed by atoms with Gasteiger partial charge in [0, 0.05) is 0 Å². The lowest BCUT2D eigenvalue weighted by Crippen LogP contribution is -1.92. The van der Waals surface area contributed by atoms with Crippen LogP contribution in [0.15, 0.2) is 12.2 Å². The molecule has 0 rings (SSSR count). The van der Waals surface area contributed by atoms with Crippen LogP contribution in [0.1, 0.15) is 175 Å². The molecule has 1 unspecified atom stereocenters. The molecule has 0 N–H and O–H groups in total. The number of hydrogen-bond acceptors (Lipinski definition) is 0. The molecule has 0 bridgehead atoms. The lowest BCUT2D eigenvalue weighted by Gasteiger charge is -2.08. The smallest absolute Gasteiger partial charge is 0.0325 e.